The molecule has 2 unspecified atom stereocenters. The summed E-state index contributed by atoms with van der Waals surface area (Å²) in [6.45, 7) is 6.67. The van der Waals surface area contributed by atoms with Gasteiger partial charge in [0.05, 0.1) is 16.2 Å². The van der Waals surface area contributed by atoms with Gasteiger partial charge in [-0.1, -0.05) is 376 Å². The summed E-state index contributed by atoms with van der Waals surface area (Å²) in [5.41, 5.74) is 37.8. The van der Waals surface area contributed by atoms with Crippen LogP contribution >= 0.6 is 0 Å². The lowest BCUT2D eigenvalue weighted by Crippen LogP contribution is -2.28. The molecule has 0 aromatic heterocycles. The molecule has 0 aliphatic heterocycles. The Bertz CT molecular complexity index is 6680. The predicted octanol–water partition coefficient (Wildman–Crippen LogP) is 27.6. The van der Waals surface area contributed by atoms with E-state index in [-0.39, 0.29) is 0 Å². The lowest BCUT2D eigenvalue weighted by atomic mass is 9.67. The second-order valence-corrected chi connectivity index (χ2v) is 30.9. The minimum atomic E-state index is -0.640. The summed E-state index contributed by atoms with van der Waals surface area (Å²) in [4.78, 5) is 0. The molecule has 0 fully saturated rings. The maximum Gasteiger partial charge on any atom is 0.0714 e. The third-order valence-corrected chi connectivity index (χ3v) is 25.3. The second kappa shape index (κ2) is 25.7. The van der Waals surface area contributed by atoms with Crippen molar-refractivity contribution in [1.82, 2.24) is 0 Å². The molecule has 0 amide bonds. The van der Waals surface area contributed by atoms with Gasteiger partial charge in [0, 0.05) is 0 Å². The first-order valence-electron chi connectivity index (χ1n) is 39.0. The SMILES string of the molecule is Cc1ccc(C2(c3ccc(CCc4ccc(-c5cccc6c5-c5ccccc5C6(c5ccccc5)c5cccc(-c6ccc7c(C)ccc(-c8ccc9c(c8)C(c8ccccc8)(c8ccccc8)c8ccccc8-9)c7c6)c5)c5ccccc45)cc3)c3ccccc3-c3ccc(-c4ccc(C)c5ccccc45)cc32)cc1. The molecule has 0 heterocycles. The van der Waals surface area contributed by atoms with Gasteiger partial charge in [0.15, 0.2) is 0 Å². The fourth-order valence-corrected chi connectivity index (χ4v) is 20.3. The monoisotopic (exact) mass is 1400 g/mol. The average Bonchev–Trinajstić information content (AvgIpc) is 1.55. The van der Waals surface area contributed by atoms with Gasteiger partial charge in [-0.3, -0.25) is 0 Å². The minimum Gasteiger partial charge on any atom is -0.0622 e. The number of rotatable bonds is 13. The summed E-state index contributed by atoms with van der Waals surface area (Å²) < 4.78 is 0. The Hall–Kier alpha value is -13.3. The molecule has 0 heteroatoms. The van der Waals surface area contributed by atoms with Gasteiger partial charge in [-0.25, -0.2) is 0 Å². The van der Waals surface area contributed by atoms with Crippen LogP contribution < -0.4 is 0 Å². The number of benzene rings is 18. The first-order chi connectivity index (χ1) is 54.3. The molecular formula is C110H78. The van der Waals surface area contributed by atoms with Crippen LogP contribution in [0.5, 0.6) is 0 Å². The molecule has 18 aromatic carbocycles. The number of aryl methyl sites for hydroxylation is 5. The van der Waals surface area contributed by atoms with Crippen LogP contribution in [0.1, 0.15) is 94.6 Å². The highest BCUT2D eigenvalue weighted by Gasteiger charge is 2.50. The van der Waals surface area contributed by atoms with E-state index in [1.807, 2.05) is 0 Å². The molecule has 18 aromatic rings. The fraction of sp³-hybridized carbons (Fsp3) is 0.0727. The highest BCUT2D eigenvalue weighted by molar-refractivity contribution is 6.07. The normalized spacial score (nSPS) is 15.4. The quantitative estimate of drug-likeness (QED) is 0.108. The smallest absolute Gasteiger partial charge is 0.0622 e. The van der Waals surface area contributed by atoms with E-state index in [9.17, 15) is 0 Å². The zero-order valence-electron chi connectivity index (χ0n) is 61.9. The van der Waals surface area contributed by atoms with E-state index >= 15 is 0 Å². The van der Waals surface area contributed by atoms with Crippen molar-refractivity contribution in [2.45, 2.75) is 49.9 Å². The molecule has 0 radical (unpaired) electrons. The highest BCUT2D eigenvalue weighted by atomic mass is 14.5. The molecule has 0 bridgehead atoms. The molecule has 518 valence electrons. The largest absolute Gasteiger partial charge is 0.0714 e. The number of hydrogen-bond acceptors (Lipinski definition) is 0. The predicted molar refractivity (Wildman–Crippen MR) is 461 cm³/mol. The van der Waals surface area contributed by atoms with Crippen LogP contribution in [0.4, 0.5) is 0 Å². The molecule has 0 saturated heterocycles. The maximum atomic E-state index is 2.51. The third kappa shape index (κ3) is 9.71. The Morgan fingerprint density at radius 2 is 0.582 bits per heavy atom. The van der Waals surface area contributed by atoms with E-state index in [2.05, 4.69) is 415 Å². The zero-order valence-corrected chi connectivity index (χ0v) is 61.9. The van der Waals surface area contributed by atoms with E-state index in [0.29, 0.717) is 0 Å². The molecule has 3 aliphatic carbocycles. The average molecular weight is 1400 g/mol. The Morgan fingerprint density at radius 3 is 1.17 bits per heavy atom. The molecule has 2 atom stereocenters. The number of fused-ring (bicyclic) bond motifs is 12. The second-order valence-electron chi connectivity index (χ2n) is 30.9. The van der Waals surface area contributed by atoms with Crippen molar-refractivity contribution < 1.29 is 0 Å². The molecule has 110 heavy (non-hydrogen) atoms. The van der Waals surface area contributed by atoms with Crippen LogP contribution in [-0.2, 0) is 29.1 Å². The first-order valence-corrected chi connectivity index (χ1v) is 39.0. The molecule has 0 saturated carbocycles. The molecule has 0 N–H and O–H groups in total. The Morgan fingerprint density at radius 1 is 0.191 bits per heavy atom. The summed E-state index contributed by atoms with van der Waals surface area (Å²) >= 11 is 0. The van der Waals surface area contributed by atoms with Crippen LogP contribution in [0, 0.1) is 20.8 Å². The Kier molecular flexibility index (Phi) is 15.2. The van der Waals surface area contributed by atoms with E-state index in [1.54, 1.807) is 0 Å². The van der Waals surface area contributed by atoms with Gasteiger partial charge in [-0.15, -0.1) is 0 Å². The van der Waals surface area contributed by atoms with Crippen LogP contribution in [0.15, 0.2) is 394 Å². The summed E-state index contributed by atoms with van der Waals surface area (Å²) in [6.07, 6.45) is 1.80. The van der Waals surface area contributed by atoms with Gasteiger partial charge in [-0.05, 0) is 257 Å². The maximum absolute atomic E-state index is 2.51. The van der Waals surface area contributed by atoms with Crippen LogP contribution in [0.3, 0.4) is 0 Å². The topological polar surface area (TPSA) is 0 Å². The molecule has 0 nitrogen and oxygen atoms in total. The molecule has 21 rings (SSSR count). The van der Waals surface area contributed by atoms with Crippen molar-refractivity contribution in [3.63, 3.8) is 0 Å². The Balaban J connectivity index is 0.643. The van der Waals surface area contributed by atoms with Gasteiger partial charge in [-0.2, -0.15) is 0 Å². The van der Waals surface area contributed by atoms with Crippen LogP contribution in [-0.4, -0.2) is 0 Å². The fourth-order valence-electron chi connectivity index (χ4n) is 20.3. The summed E-state index contributed by atoms with van der Waals surface area (Å²) in [6, 6.07) is 151. The van der Waals surface area contributed by atoms with Crippen molar-refractivity contribution in [3.05, 3.63) is 489 Å². The van der Waals surface area contributed by atoms with Crippen molar-refractivity contribution in [3.8, 4) is 77.9 Å². The number of hydrogen-bond donors (Lipinski definition) is 0. The standard InChI is InChI=1S/C110H78/c1-71-45-57-83(58-46-71)109(102-42-21-18-38-95(102)97-65-55-78(69-106(97)109)89-61-47-72(2)86-33-13-15-35-91(86)89)84-59-50-74(51-60-84)49-52-75-53-64-93(92-36-16-14-34-88(75)92)98-40-24-44-104-107(98)99-39-19-22-43-103(99)110(104,82-30-11-6-12-31-82)85-32-23-25-76(67-85)77-54-63-87-73(3)48-62-90(100(87)68-77)79-56-66-96-94-37-17-20-41-101(94)108(105(96)70-79,80-26-7-4-8-27-80)81-28-9-5-10-29-81/h4-48,50-51,53-70H,49,52H2,1-3H3. The Labute approximate surface area is 644 Å². The van der Waals surface area contributed by atoms with Crippen molar-refractivity contribution >= 4 is 32.3 Å². The summed E-state index contributed by atoms with van der Waals surface area (Å²) in [7, 11) is 0. The van der Waals surface area contributed by atoms with E-state index in [4.69, 9.17) is 0 Å². The van der Waals surface area contributed by atoms with Gasteiger partial charge >= 0.3 is 0 Å². The van der Waals surface area contributed by atoms with Gasteiger partial charge in [0.2, 0.25) is 0 Å². The van der Waals surface area contributed by atoms with Crippen molar-refractivity contribution in [2.75, 3.05) is 0 Å². The summed E-state index contributed by atoms with van der Waals surface area (Å²) in [5.74, 6) is 0. The lowest BCUT2D eigenvalue weighted by Gasteiger charge is -2.34. The third-order valence-electron chi connectivity index (χ3n) is 25.3. The lowest BCUT2D eigenvalue weighted by molar-refractivity contribution is 0.767. The van der Waals surface area contributed by atoms with Gasteiger partial charge in [0.25, 0.3) is 0 Å². The highest BCUT2D eigenvalue weighted by Crippen LogP contribution is 2.62. The van der Waals surface area contributed by atoms with E-state index < -0.39 is 16.2 Å². The van der Waals surface area contributed by atoms with Gasteiger partial charge in [0.1, 0.15) is 0 Å². The van der Waals surface area contributed by atoms with E-state index in [0.717, 1.165) is 12.8 Å². The first kappa shape index (κ1) is 65.1. The van der Waals surface area contributed by atoms with Crippen molar-refractivity contribution in [1.29, 1.82) is 0 Å². The van der Waals surface area contributed by atoms with Crippen LogP contribution in [0.25, 0.3) is 110 Å². The summed E-state index contributed by atoms with van der Waals surface area (Å²) in [5, 5.41) is 7.65. The van der Waals surface area contributed by atoms with E-state index in [1.165, 1.54) is 205 Å². The zero-order chi connectivity index (χ0) is 73.2. The molecule has 0 spiro atoms. The van der Waals surface area contributed by atoms with Gasteiger partial charge < -0.3 is 0 Å². The molecular weight excluding hydrogens is 1320 g/mol. The minimum absolute atomic E-state index is 0.502. The van der Waals surface area contributed by atoms with Crippen LogP contribution in [0.2, 0.25) is 0 Å². The molecule has 3 aliphatic rings. The van der Waals surface area contributed by atoms with Crippen molar-refractivity contribution in [2.24, 2.45) is 0 Å².